The third kappa shape index (κ3) is 3.03. The van der Waals surface area contributed by atoms with Gasteiger partial charge >= 0.3 is 0 Å². The summed E-state index contributed by atoms with van der Waals surface area (Å²) in [5, 5.41) is 5.10. The SMILES string of the molecule is CNC(Cc1ccncc1Cl)c1cnc(C)s1. The molecule has 0 radical (unpaired) electrons. The molecule has 1 atom stereocenters. The number of nitrogens with one attached hydrogen (secondary N) is 1. The Balaban J connectivity index is 2.18. The van der Waals surface area contributed by atoms with Crippen molar-refractivity contribution in [1.82, 2.24) is 15.3 Å². The zero-order chi connectivity index (χ0) is 12.3. The lowest BCUT2D eigenvalue weighted by atomic mass is 10.1. The number of likely N-dealkylation sites (N-methyl/N-ethyl adjacent to an activating group) is 1. The summed E-state index contributed by atoms with van der Waals surface area (Å²) in [6.45, 7) is 2.01. The summed E-state index contributed by atoms with van der Waals surface area (Å²) in [5.41, 5.74) is 1.10. The van der Waals surface area contributed by atoms with E-state index in [0.717, 1.165) is 17.0 Å². The van der Waals surface area contributed by atoms with Crippen LogP contribution in [0.1, 0.15) is 21.5 Å². The first-order valence-corrected chi connectivity index (χ1v) is 6.58. The molecular formula is C12H14ClN3S. The lowest BCUT2D eigenvalue weighted by molar-refractivity contribution is 0.601. The van der Waals surface area contributed by atoms with Crippen molar-refractivity contribution in [2.75, 3.05) is 7.05 Å². The molecule has 0 aliphatic rings. The minimum absolute atomic E-state index is 0.251. The fourth-order valence-electron chi connectivity index (χ4n) is 1.67. The monoisotopic (exact) mass is 267 g/mol. The first-order valence-electron chi connectivity index (χ1n) is 5.38. The number of aryl methyl sites for hydroxylation is 1. The molecule has 0 aromatic carbocycles. The molecular weight excluding hydrogens is 254 g/mol. The van der Waals surface area contributed by atoms with Gasteiger partial charge in [-0.05, 0) is 32.0 Å². The summed E-state index contributed by atoms with van der Waals surface area (Å²) in [7, 11) is 1.95. The quantitative estimate of drug-likeness (QED) is 0.925. The summed E-state index contributed by atoms with van der Waals surface area (Å²) >= 11 is 7.83. The zero-order valence-corrected chi connectivity index (χ0v) is 11.3. The normalized spacial score (nSPS) is 12.6. The van der Waals surface area contributed by atoms with Crippen molar-refractivity contribution in [3.05, 3.63) is 45.1 Å². The Kier molecular flexibility index (Phi) is 4.10. The minimum Gasteiger partial charge on any atom is -0.312 e. The number of nitrogens with zero attached hydrogens (tertiary/aromatic N) is 2. The van der Waals surface area contributed by atoms with Gasteiger partial charge in [0.2, 0.25) is 0 Å². The standard InChI is InChI=1S/C12H14ClN3S/c1-8-16-7-12(17-8)11(14-2)5-9-3-4-15-6-10(9)13/h3-4,6-7,11,14H,5H2,1-2H3. The van der Waals surface area contributed by atoms with Gasteiger partial charge in [0.1, 0.15) is 0 Å². The van der Waals surface area contributed by atoms with E-state index in [4.69, 9.17) is 11.6 Å². The van der Waals surface area contributed by atoms with Crippen LogP contribution >= 0.6 is 22.9 Å². The van der Waals surface area contributed by atoms with Gasteiger partial charge in [0.05, 0.1) is 10.0 Å². The van der Waals surface area contributed by atoms with Gasteiger partial charge in [-0.15, -0.1) is 11.3 Å². The van der Waals surface area contributed by atoms with Crippen molar-refractivity contribution in [3.8, 4) is 0 Å². The number of halogens is 1. The van der Waals surface area contributed by atoms with Gasteiger partial charge in [-0.3, -0.25) is 4.98 Å². The predicted octanol–water partition coefficient (Wildman–Crippen LogP) is 3.00. The van der Waals surface area contributed by atoms with E-state index in [-0.39, 0.29) is 6.04 Å². The third-order valence-electron chi connectivity index (χ3n) is 2.61. The van der Waals surface area contributed by atoms with Crippen LogP contribution < -0.4 is 5.32 Å². The highest BCUT2D eigenvalue weighted by molar-refractivity contribution is 7.11. The number of hydrogen-bond donors (Lipinski definition) is 1. The number of aromatic nitrogens is 2. The third-order valence-corrected chi connectivity index (χ3v) is 3.98. The number of rotatable bonds is 4. The second kappa shape index (κ2) is 5.58. The van der Waals surface area contributed by atoms with E-state index in [1.807, 2.05) is 26.2 Å². The zero-order valence-electron chi connectivity index (χ0n) is 9.77. The molecule has 1 N–H and O–H groups in total. The fourth-order valence-corrected chi connectivity index (χ4v) is 2.77. The average molecular weight is 268 g/mol. The van der Waals surface area contributed by atoms with Crippen LogP contribution in [-0.2, 0) is 6.42 Å². The lowest BCUT2D eigenvalue weighted by Gasteiger charge is -2.14. The van der Waals surface area contributed by atoms with Crippen LogP contribution in [0.3, 0.4) is 0 Å². The molecule has 0 spiro atoms. The summed E-state index contributed by atoms with van der Waals surface area (Å²) in [5.74, 6) is 0. The molecule has 1 unspecified atom stereocenters. The van der Waals surface area contributed by atoms with Gasteiger partial charge in [0.15, 0.2) is 0 Å². The molecule has 2 heterocycles. The maximum Gasteiger partial charge on any atom is 0.0897 e. The first kappa shape index (κ1) is 12.5. The molecule has 0 saturated carbocycles. The molecule has 3 nitrogen and oxygen atoms in total. The average Bonchev–Trinajstić information content (AvgIpc) is 2.75. The van der Waals surface area contributed by atoms with Crippen LogP contribution in [-0.4, -0.2) is 17.0 Å². The highest BCUT2D eigenvalue weighted by Gasteiger charge is 2.14. The number of hydrogen-bond acceptors (Lipinski definition) is 4. The first-order chi connectivity index (χ1) is 8.20. The van der Waals surface area contributed by atoms with Crippen molar-refractivity contribution in [2.24, 2.45) is 0 Å². The number of pyridine rings is 1. The molecule has 0 aliphatic heterocycles. The van der Waals surface area contributed by atoms with E-state index in [1.165, 1.54) is 4.88 Å². The fraction of sp³-hybridized carbons (Fsp3) is 0.333. The van der Waals surface area contributed by atoms with Crippen molar-refractivity contribution in [3.63, 3.8) is 0 Å². The van der Waals surface area contributed by atoms with E-state index in [2.05, 4.69) is 15.3 Å². The molecule has 0 aliphatic carbocycles. The van der Waals surface area contributed by atoms with Gasteiger partial charge in [-0.1, -0.05) is 11.6 Å². The topological polar surface area (TPSA) is 37.8 Å². The van der Waals surface area contributed by atoms with Crippen molar-refractivity contribution >= 4 is 22.9 Å². The van der Waals surface area contributed by atoms with Crippen LogP contribution in [0.4, 0.5) is 0 Å². The number of thiazole rings is 1. The van der Waals surface area contributed by atoms with Gasteiger partial charge in [-0.25, -0.2) is 4.98 Å². The highest BCUT2D eigenvalue weighted by Crippen LogP contribution is 2.26. The van der Waals surface area contributed by atoms with Gasteiger partial charge in [0, 0.05) is 29.5 Å². The molecule has 0 bridgehead atoms. The maximum atomic E-state index is 6.12. The molecule has 90 valence electrons. The Labute approximate surface area is 110 Å². The molecule has 0 fully saturated rings. The van der Waals surface area contributed by atoms with Crippen molar-refractivity contribution < 1.29 is 0 Å². The van der Waals surface area contributed by atoms with Gasteiger partial charge in [-0.2, -0.15) is 0 Å². The van der Waals surface area contributed by atoms with E-state index in [1.54, 1.807) is 23.7 Å². The van der Waals surface area contributed by atoms with Crippen molar-refractivity contribution in [1.29, 1.82) is 0 Å². The Morgan fingerprint density at radius 1 is 1.47 bits per heavy atom. The summed E-state index contributed by atoms with van der Waals surface area (Å²) in [4.78, 5) is 9.51. The second-order valence-electron chi connectivity index (χ2n) is 3.79. The van der Waals surface area contributed by atoms with Crippen molar-refractivity contribution in [2.45, 2.75) is 19.4 Å². The molecule has 17 heavy (non-hydrogen) atoms. The van der Waals surface area contributed by atoms with Crippen LogP contribution in [0.5, 0.6) is 0 Å². The highest BCUT2D eigenvalue weighted by atomic mass is 35.5. The molecule has 0 amide bonds. The molecule has 2 rings (SSSR count). The second-order valence-corrected chi connectivity index (χ2v) is 5.47. The van der Waals surface area contributed by atoms with Crippen LogP contribution in [0.25, 0.3) is 0 Å². The molecule has 5 heteroatoms. The van der Waals surface area contributed by atoms with Crippen LogP contribution in [0.2, 0.25) is 5.02 Å². The minimum atomic E-state index is 0.251. The van der Waals surface area contributed by atoms with E-state index in [0.29, 0.717) is 5.02 Å². The largest absolute Gasteiger partial charge is 0.312 e. The van der Waals surface area contributed by atoms with E-state index >= 15 is 0 Å². The maximum absolute atomic E-state index is 6.12. The summed E-state index contributed by atoms with van der Waals surface area (Å²) in [6, 6.07) is 2.21. The van der Waals surface area contributed by atoms with E-state index in [9.17, 15) is 0 Å². The van der Waals surface area contributed by atoms with Gasteiger partial charge in [0.25, 0.3) is 0 Å². The summed E-state index contributed by atoms with van der Waals surface area (Å²) < 4.78 is 0. The Bertz CT molecular complexity index is 498. The summed E-state index contributed by atoms with van der Waals surface area (Å²) in [6.07, 6.45) is 6.23. The lowest BCUT2D eigenvalue weighted by Crippen LogP contribution is -2.17. The van der Waals surface area contributed by atoms with Gasteiger partial charge < -0.3 is 5.32 Å². The Morgan fingerprint density at radius 2 is 2.29 bits per heavy atom. The Morgan fingerprint density at radius 3 is 2.88 bits per heavy atom. The smallest absolute Gasteiger partial charge is 0.0897 e. The van der Waals surface area contributed by atoms with Crippen LogP contribution in [0, 0.1) is 6.92 Å². The molecule has 2 aromatic heterocycles. The van der Waals surface area contributed by atoms with E-state index < -0.39 is 0 Å². The molecule has 0 saturated heterocycles. The predicted molar refractivity (Wildman–Crippen MR) is 71.6 cm³/mol. The molecule has 2 aromatic rings. The van der Waals surface area contributed by atoms with Crippen LogP contribution in [0.15, 0.2) is 24.7 Å². The Hall–Kier alpha value is -0.970.